The maximum absolute atomic E-state index is 10.4. The number of aliphatic hydroxyl groups is 1. The lowest BCUT2D eigenvalue weighted by molar-refractivity contribution is 0.152. The van der Waals surface area contributed by atoms with Crippen LogP contribution >= 0.6 is 0 Å². The van der Waals surface area contributed by atoms with E-state index in [1.54, 1.807) is 0 Å². The van der Waals surface area contributed by atoms with E-state index in [0.29, 0.717) is 5.92 Å². The van der Waals surface area contributed by atoms with Crippen LogP contribution in [-0.2, 0) is 0 Å². The summed E-state index contributed by atoms with van der Waals surface area (Å²) in [5.41, 5.74) is 4.77. The molecule has 0 spiro atoms. The second kappa shape index (κ2) is 5.85. The highest BCUT2D eigenvalue weighted by Gasteiger charge is 2.14. The van der Waals surface area contributed by atoms with Crippen molar-refractivity contribution in [3.63, 3.8) is 0 Å². The molecule has 0 aliphatic heterocycles. The van der Waals surface area contributed by atoms with Crippen LogP contribution in [0.25, 0.3) is 10.8 Å². The number of hydrogen-bond acceptors (Lipinski definition) is 3. The van der Waals surface area contributed by atoms with E-state index < -0.39 is 6.10 Å². The lowest BCUT2D eigenvalue weighted by Gasteiger charge is -2.17. The average Bonchev–Trinajstić information content (AvgIpc) is 2.38. The van der Waals surface area contributed by atoms with Crippen LogP contribution in [0.2, 0.25) is 0 Å². The van der Waals surface area contributed by atoms with Gasteiger partial charge in [-0.25, -0.2) is 0 Å². The van der Waals surface area contributed by atoms with Gasteiger partial charge in [-0.1, -0.05) is 44.2 Å². The smallest absolute Gasteiger partial charge is 0.0798 e. The van der Waals surface area contributed by atoms with Crippen LogP contribution in [0.15, 0.2) is 41.5 Å². The van der Waals surface area contributed by atoms with Gasteiger partial charge in [0.2, 0.25) is 0 Å². The number of aliphatic hydroxyl groups excluding tert-OH is 1. The monoisotopic (exact) mass is 256 g/mol. The van der Waals surface area contributed by atoms with Crippen LogP contribution < -0.4 is 5.43 Å². The highest BCUT2D eigenvalue weighted by Crippen LogP contribution is 2.32. The van der Waals surface area contributed by atoms with Crippen LogP contribution in [-0.4, -0.2) is 11.8 Å². The molecule has 0 heterocycles. The van der Waals surface area contributed by atoms with E-state index in [0.717, 1.165) is 28.4 Å². The lowest BCUT2D eigenvalue weighted by Crippen LogP contribution is -2.03. The minimum absolute atomic E-state index is 0.435. The Bertz CT molecular complexity index is 578. The second-order valence-electron chi connectivity index (χ2n) is 5.16. The van der Waals surface area contributed by atoms with Crippen molar-refractivity contribution in [2.75, 3.05) is 5.43 Å². The first-order valence-electron chi connectivity index (χ1n) is 6.55. The van der Waals surface area contributed by atoms with Crippen molar-refractivity contribution in [2.24, 2.45) is 11.0 Å². The molecule has 0 aliphatic carbocycles. The summed E-state index contributed by atoms with van der Waals surface area (Å²) in [5, 5.41) is 16.2. The first kappa shape index (κ1) is 13.6. The Morgan fingerprint density at radius 1 is 1.16 bits per heavy atom. The molecule has 19 heavy (non-hydrogen) atoms. The number of hydrazone groups is 1. The molecular formula is C16H20N2O. The Morgan fingerprint density at radius 3 is 2.47 bits per heavy atom. The summed E-state index contributed by atoms with van der Waals surface area (Å²) in [4.78, 5) is 0. The Balaban J connectivity index is 2.51. The molecule has 1 unspecified atom stereocenters. The van der Waals surface area contributed by atoms with Crippen molar-refractivity contribution in [1.29, 1.82) is 0 Å². The Morgan fingerprint density at radius 2 is 1.84 bits per heavy atom. The summed E-state index contributed by atoms with van der Waals surface area (Å²) >= 11 is 0. The number of fused-ring (bicyclic) bond motifs is 1. The Labute approximate surface area is 114 Å². The molecule has 1 atom stereocenters. The van der Waals surface area contributed by atoms with E-state index in [2.05, 4.69) is 31.1 Å². The molecule has 0 saturated carbocycles. The third-order valence-electron chi connectivity index (χ3n) is 3.21. The predicted octanol–water partition coefficient (Wildman–Crippen LogP) is 3.95. The number of hydrogen-bond donors (Lipinski definition) is 2. The van der Waals surface area contributed by atoms with Gasteiger partial charge in [0.25, 0.3) is 0 Å². The maximum atomic E-state index is 10.4. The van der Waals surface area contributed by atoms with E-state index in [9.17, 15) is 5.11 Å². The number of nitrogens with one attached hydrogen (secondary N) is 1. The van der Waals surface area contributed by atoms with E-state index in [1.165, 1.54) is 0 Å². The largest absolute Gasteiger partial charge is 0.388 e. The van der Waals surface area contributed by atoms with Gasteiger partial charge >= 0.3 is 0 Å². The fourth-order valence-corrected chi connectivity index (χ4v) is 2.37. The Hall–Kier alpha value is -1.87. The van der Waals surface area contributed by atoms with Crippen LogP contribution in [0.4, 0.5) is 5.69 Å². The average molecular weight is 256 g/mol. The topological polar surface area (TPSA) is 44.6 Å². The highest BCUT2D eigenvalue weighted by molar-refractivity contribution is 5.96. The first-order valence-corrected chi connectivity index (χ1v) is 6.55. The molecule has 3 nitrogen and oxygen atoms in total. The van der Waals surface area contributed by atoms with Crippen molar-refractivity contribution in [3.8, 4) is 0 Å². The molecule has 100 valence electrons. The fourth-order valence-electron chi connectivity index (χ4n) is 2.37. The van der Waals surface area contributed by atoms with Gasteiger partial charge in [-0.15, -0.1) is 0 Å². The van der Waals surface area contributed by atoms with Gasteiger partial charge < -0.3 is 5.11 Å². The minimum Gasteiger partial charge on any atom is -0.388 e. The minimum atomic E-state index is -0.435. The van der Waals surface area contributed by atoms with Crippen molar-refractivity contribution in [1.82, 2.24) is 0 Å². The third-order valence-corrected chi connectivity index (χ3v) is 3.21. The van der Waals surface area contributed by atoms with Gasteiger partial charge in [-0.05, 0) is 29.4 Å². The molecule has 2 aromatic rings. The number of rotatable bonds is 5. The van der Waals surface area contributed by atoms with Crippen molar-refractivity contribution in [3.05, 3.63) is 42.0 Å². The SMILES string of the molecule is C=NNc1ccc(C(O)CC(C)C)c2ccccc12. The second-order valence-corrected chi connectivity index (χ2v) is 5.16. The molecule has 0 aliphatic rings. The zero-order valence-electron chi connectivity index (χ0n) is 11.4. The standard InChI is InChI=1S/C16H20N2O/c1-11(2)10-16(19)14-8-9-15(18-17-3)13-7-5-4-6-12(13)14/h4-9,11,16,18-19H,3,10H2,1-2H3. The molecule has 3 heteroatoms. The summed E-state index contributed by atoms with van der Waals surface area (Å²) < 4.78 is 0. The first-order chi connectivity index (χ1) is 9.13. The molecule has 0 radical (unpaired) electrons. The summed E-state index contributed by atoms with van der Waals surface area (Å²) in [7, 11) is 0. The van der Waals surface area contributed by atoms with Crippen LogP contribution in [0, 0.1) is 5.92 Å². The molecule has 0 bridgehead atoms. The normalized spacial score (nSPS) is 12.6. The summed E-state index contributed by atoms with van der Waals surface area (Å²) in [6.45, 7) is 7.68. The van der Waals surface area contributed by atoms with E-state index in [-0.39, 0.29) is 0 Å². The Kier molecular flexibility index (Phi) is 4.17. The molecule has 0 amide bonds. The number of benzene rings is 2. The van der Waals surface area contributed by atoms with Crippen LogP contribution in [0.5, 0.6) is 0 Å². The molecule has 2 aromatic carbocycles. The number of anilines is 1. The molecule has 0 aromatic heterocycles. The zero-order chi connectivity index (χ0) is 13.8. The van der Waals surface area contributed by atoms with Crippen molar-refractivity contribution in [2.45, 2.75) is 26.4 Å². The predicted molar refractivity (Wildman–Crippen MR) is 81.5 cm³/mol. The number of nitrogens with zero attached hydrogens (tertiary/aromatic N) is 1. The van der Waals surface area contributed by atoms with Crippen LogP contribution in [0.1, 0.15) is 31.9 Å². The molecular weight excluding hydrogens is 236 g/mol. The van der Waals surface area contributed by atoms with Gasteiger partial charge in [0.05, 0.1) is 11.8 Å². The fraction of sp³-hybridized carbons (Fsp3) is 0.312. The van der Waals surface area contributed by atoms with E-state index in [4.69, 9.17) is 0 Å². The zero-order valence-corrected chi connectivity index (χ0v) is 11.4. The van der Waals surface area contributed by atoms with Gasteiger partial charge in [-0.3, -0.25) is 5.43 Å². The highest BCUT2D eigenvalue weighted by atomic mass is 16.3. The van der Waals surface area contributed by atoms with Gasteiger partial charge in [0.1, 0.15) is 0 Å². The summed E-state index contributed by atoms with van der Waals surface area (Å²) in [6, 6.07) is 11.9. The van der Waals surface area contributed by atoms with Crippen LogP contribution in [0.3, 0.4) is 0 Å². The van der Waals surface area contributed by atoms with E-state index in [1.807, 2.05) is 36.4 Å². The van der Waals surface area contributed by atoms with Gasteiger partial charge in [-0.2, -0.15) is 5.10 Å². The molecule has 0 fully saturated rings. The molecule has 2 N–H and O–H groups in total. The van der Waals surface area contributed by atoms with Crippen molar-refractivity contribution < 1.29 is 5.11 Å². The van der Waals surface area contributed by atoms with Gasteiger partial charge in [0.15, 0.2) is 0 Å². The quantitative estimate of drug-likeness (QED) is 0.628. The molecule has 2 rings (SSSR count). The van der Waals surface area contributed by atoms with Gasteiger partial charge in [0, 0.05) is 12.1 Å². The summed E-state index contributed by atoms with van der Waals surface area (Å²) in [6.07, 6.45) is 0.326. The van der Waals surface area contributed by atoms with E-state index >= 15 is 0 Å². The lowest BCUT2D eigenvalue weighted by atomic mass is 9.94. The molecule has 0 saturated heterocycles. The maximum Gasteiger partial charge on any atom is 0.0798 e. The van der Waals surface area contributed by atoms with Crippen molar-refractivity contribution >= 4 is 23.2 Å². The third kappa shape index (κ3) is 2.93. The summed E-state index contributed by atoms with van der Waals surface area (Å²) in [5.74, 6) is 0.460.